The molecule has 0 atom stereocenters. The first-order valence-corrected chi connectivity index (χ1v) is 2.87. The molecule has 0 aliphatic heterocycles. The third kappa shape index (κ3) is 11.5. The monoisotopic (exact) mass is 212 g/mol. The number of hydrogen-bond donors (Lipinski definition) is 0. The largest absolute Gasteiger partial charge is 2.00 e. The Bertz CT molecular complexity index is 97.4. The van der Waals surface area contributed by atoms with Gasteiger partial charge in [-0.25, -0.2) is 0 Å². The Morgan fingerprint density at radius 1 is 1.60 bits per heavy atom. The summed E-state index contributed by atoms with van der Waals surface area (Å²) in [4.78, 5) is 0. The Balaban J connectivity index is -0.000000245. The van der Waals surface area contributed by atoms with Gasteiger partial charge in [0.05, 0.1) is 0 Å². The average molecular weight is 213 g/mol. The molecule has 0 fully saturated rings. The van der Waals surface area contributed by atoms with Crippen LogP contribution in [-0.2, 0) is 0 Å². The van der Waals surface area contributed by atoms with E-state index >= 15 is 0 Å². The van der Waals surface area contributed by atoms with E-state index in [1.165, 1.54) is 5.57 Å². The molecule has 0 rings (SSSR count). The second-order valence-electron chi connectivity index (χ2n) is 1.82. The molecule has 0 amide bonds. The first-order valence-electron chi connectivity index (χ1n) is 2.87. The van der Waals surface area contributed by atoms with Gasteiger partial charge in [0, 0.05) is 0 Å². The van der Waals surface area contributed by atoms with E-state index in [1.54, 1.807) is 0 Å². The second kappa shape index (κ2) is 12.4. The van der Waals surface area contributed by atoms with Gasteiger partial charge in [-0.2, -0.15) is 6.42 Å². The van der Waals surface area contributed by atoms with Crippen LogP contribution >= 0.6 is 0 Å². The molecule has 10 heavy (non-hydrogen) atoms. The van der Waals surface area contributed by atoms with Crippen molar-refractivity contribution in [3.05, 3.63) is 31.2 Å². The summed E-state index contributed by atoms with van der Waals surface area (Å²) in [6.07, 6.45) is 5.91. The van der Waals surface area contributed by atoms with Crippen LogP contribution in [0, 0.1) is 6.92 Å². The first-order chi connectivity index (χ1) is 3.81. The molecule has 0 N–H and O–H groups in total. The van der Waals surface area contributed by atoms with Gasteiger partial charge in [-0.1, -0.05) is 12.2 Å². The van der Waals surface area contributed by atoms with Crippen molar-refractivity contribution in [1.29, 1.82) is 0 Å². The maximum absolute atomic E-state index is 3.74. The van der Waals surface area contributed by atoms with Gasteiger partial charge in [0.1, 0.15) is 0 Å². The van der Waals surface area contributed by atoms with Crippen molar-refractivity contribution in [1.82, 2.24) is 0 Å². The summed E-state index contributed by atoms with van der Waals surface area (Å²) in [5.41, 5.74) is 1.34. The summed E-state index contributed by atoms with van der Waals surface area (Å²) in [5.74, 6) is 0. The van der Waals surface area contributed by atoms with Gasteiger partial charge in [-0.3, -0.25) is 0 Å². The topological polar surface area (TPSA) is 0 Å². The zero-order chi connectivity index (χ0) is 6.41. The van der Waals surface area contributed by atoms with Gasteiger partial charge >= 0.3 is 23.1 Å². The van der Waals surface area contributed by atoms with Gasteiger partial charge in [-0.05, 0) is 13.3 Å². The van der Waals surface area contributed by atoms with Crippen molar-refractivity contribution >= 4 is 23.1 Å². The van der Waals surface area contributed by atoms with Crippen molar-refractivity contribution in [2.75, 3.05) is 0 Å². The molecule has 0 aromatic heterocycles. The predicted molar refractivity (Wildman–Crippen MR) is 44.3 cm³/mol. The van der Waals surface area contributed by atoms with Gasteiger partial charge in [0.15, 0.2) is 0 Å². The minimum absolute atomic E-state index is 0. The molecule has 0 saturated carbocycles. The number of halogens is 1. The van der Waals surface area contributed by atoms with Crippen LogP contribution in [0.25, 0.3) is 0 Å². The van der Waals surface area contributed by atoms with Crippen LogP contribution < -0.4 is 17.0 Å². The molecule has 0 nitrogen and oxygen atoms in total. The Kier molecular flexibility index (Phi) is 21.1. The summed E-state index contributed by atoms with van der Waals surface area (Å²) < 4.78 is 0. The van der Waals surface area contributed by atoms with Crippen LogP contribution in [0.15, 0.2) is 24.3 Å². The Morgan fingerprint density at radius 3 is 2.40 bits per heavy atom. The van der Waals surface area contributed by atoms with Crippen molar-refractivity contribution in [2.24, 2.45) is 0 Å². The van der Waals surface area contributed by atoms with E-state index in [0.717, 1.165) is 12.8 Å². The van der Waals surface area contributed by atoms with Crippen LogP contribution in [0.4, 0.5) is 0 Å². The van der Waals surface area contributed by atoms with Gasteiger partial charge in [0.25, 0.3) is 0 Å². The maximum atomic E-state index is 3.74. The normalized spacial score (nSPS) is 9.20. The zero-order valence-corrected chi connectivity index (χ0v) is 9.57. The summed E-state index contributed by atoms with van der Waals surface area (Å²) in [5, 5.41) is 0. The molecule has 0 aliphatic rings. The second-order valence-corrected chi connectivity index (χ2v) is 1.82. The summed E-state index contributed by atoms with van der Waals surface area (Å²) in [7, 11) is 0. The molecule has 0 saturated heterocycles. The number of rotatable bonds is 3. The molecule has 0 aromatic rings. The van der Waals surface area contributed by atoms with Crippen LogP contribution in [-0.4, -0.2) is 23.1 Å². The minimum atomic E-state index is 0. The van der Waals surface area contributed by atoms with Crippen LogP contribution in [0.5, 0.6) is 0 Å². The Hall–Kier alpha value is 0.726. The number of hydrogen-bond acceptors (Lipinski definition) is 0. The Labute approximate surface area is 90.7 Å². The molecule has 54 valence electrons. The average Bonchev–Trinajstić information content (AvgIpc) is 1.83. The van der Waals surface area contributed by atoms with E-state index in [0.29, 0.717) is 0 Å². The standard InChI is InChI=1S/C8H13.BrH.Mg/c1-4-6-7-8(3)5-2;;/h4,7H,1-2,5-6H2,3H3;1H;/q-1;;+2/p-1/b8-7+;;. The van der Waals surface area contributed by atoms with Crippen molar-refractivity contribution in [3.63, 3.8) is 0 Å². The first kappa shape index (κ1) is 17.0. The molecule has 0 radical (unpaired) electrons. The third-order valence-corrected chi connectivity index (χ3v) is 1.03. The van der Waals surface area contributed by atoms with E-state index in [9.17, 15) is 0 Å². The molecule has 0 aromatic carbocycles. The smallest absolute Gasteiger partial charge is 1.00 e. The molecule has 0 bridgehead atoms. The third-order valence-electron chi connectivity index (χ3n) is 1.03. The molecular weight excluding hydrogens is 200 g/mol. The van der Waals surface area contributed by atoms with E-state index in [4.69, 9.17) is 0 Å². The van der Waals surface area contributed by atoms with Crippen molar-refractivity contribution < 1.29 is 17.0 Å². The molecule has 0 unspecified atom stereocenters. The molecule has 0 spiro atoms. The van der Waals surface area contributed by atoms with Crippen molar-refractivity contribution in [3.8, 4) is 0 Å². The van der Waals surface area contributed by atoms with Crippen molar-refractivity contribution in [2.45, 2.75) is 19.8 Å². The van der Waals surface area contributed by atoms with Gasteiger partial charge in [-0.15, -0.1) is 12.2 Å². The van der Waals surface area contributed by atoms with E-state index in [2.05, 4.69) is 26.5 Å². The summed E-state index contributed by atoms with van der Waals surface area (Å²) in [6.45, 7) is 9.42. The van der Waals surface area contributed by atoms with Crippen LogP contribution in [0.3, 0.4) is 0 Å². The fourth-order valence-corrected chi connectivity index (χ4v) is 0.387. The molecule has 2 heteroatoms. The summed E-state index contributed by atoms with van der Waals surface area (Å²) >= 11 is 0. The fourth-order valence-electron chi connectivity index (χ4n) is 0.387. The van der Waals surface area contributed by atoms with E-state index < -0.39 is 0 Å². The van der Waals surface area contributed by atoms with Gasteiger partial charge < -0.3 is 23.9 Å². The SMILES string of the molecule is C=CC/C=C(\C)C[CH2-].[Br-].[Mg+2]. The van der Waals surface area contributed by atoms with Crippen LogP contribution in [0.1, 0.15) is 19.8 Å². The molecule has 0 aliphatic carbocycles. The maximum Gasteiger partial charge on any atom is 2.00 e. The quantitative estimate of drug-likeness (QED) is 0.332. The fraction of sp³-hybridized carbons (Fsp3) is 0.375. The molecular formula is C8H13BrMg. The zero-order valence-electron chi connectivity index (χ0n) is 6.57. The van der Waals surface area contributed by atoms with Crippen LogP contribution in [0.2, 0.25) is 0 Å². The van der Waals surface area contributed by atoms with E-state index in [1.807, 2.05) is 6.08 Å². The van der Waals surface area contributed by atoms with Gasteiger partial charge in [0.2, 0.25) is 0 Å². The molecule has 0 heterocycles. The predicted octanol–water partition coefficient (Wildman–Crippen LogP) is -0.644. The van der Waals surface area contributed by atoms with E-state index in [-0.39, 0.29) is 40.0 Å². The Morgan fingerprint density at radius 2 is 2.10 bits per heavy atom. The number of allylic oxidation sites excluding steroid dienone is 3. The minimum Gasteiger partial charge on any atom is -1.00 e. The summed E-state index contributed by atoms with van der Waals surface area (Å²) in [6, 6.07) is 0.